The Balaban J connectivity index is 1.95. The fourth-order valence-corrected chi connectivity index (χ4v) is 1.65. The van der Waals surface area contributed by atoms with Crippen molar-refractivity contribution in [3.63, 3.8) is 0 Å². The average molecular weight is 196 g/mol. The first-order valence-corrected chi connectivity index (χ1v) is 5.08. The summed E-state index contributed by atoms with van der Waals surface area (Å²) in [5, 5.41) is 14.9. The Morgan fingerprint density at radius 2 is 2.14 bits per heavy atom. The molecule has 1 fully saturated rings. The third-order valence-corrected chi connectivity index (χ3v) is 2.48. The van der Waals surface area contributed by atoms with Crippen LogP contribution < -0.4 is 5.32 Å². The van der Waals surface area contributed by atoms with Crippen molar-refractivity contribution in [2.24, 2.45) is 0 Å². The number of rotatable bonds is 3. The molecule has 0 spiro atoms. The van der Waals surface area contributed by atoms with Gasteiger partial charge in [-0.15, -0.1) is 5.10 Å². The molecule has 78 valence electrons. The molecule has 0 atom stereocenters. The highest BCUT2D eigenvalue weighted by Crippen LogP contribution is 2.00. The number of hydrogen-bond acceptors (Lipinski definition) is 5. The molecule has 14 heavy (non-hydrogen) atoms. The number of nitrogens with one attached hydrogen (secondary N) is 1. The summed E-state index contributed by atoms with van der Waals surface area (Å²) in [5.74, 6) is 0.967. The van der Waals surface area contributed by atoms with Crippen molar-refractivity contribution < 1.29 is 0 Å². The fourth-order valence-electron chi connectivity index (χ4n) is 1.65. The van der Waals surface area contributed by atoms with Crippen molar-refractivity contribution >= 4 is 0 Å². The molecular weight excluding hydrogens is 180 g/mol. The number of aryl methyl sites for hydroxylation is 1. The topological polar surface area (TPSA) is 58.9 Å². The molecule has 1 aromatic heterocycles. The van der Waals surface area contributed by atoms with Crippen LogP contribution in [0.1, 0.15) is 12.7 Å². The molecule has 1 N–H and O–H groups in total. The molecule has 0 aromatic carbocycles. The molecule has 0 aliphatic carbocycles. The van der Waals surface area contributed by atoms with Gasteiger partial charge in [0.05, 0.1) is 6.54 Å². The van der Waals surface area contributed by atoms with E-state index in [-0.39, 0.29) is 0 Å². The van der Waals surface area contributed by atoms with E-state index in [1.165, 1.54) is 0 Å². The van der Waals surface area contributed by atoms with Crippen molar-refractivity contribution in [3.05, 3.63) is 5.82 Å². The summed E-state index contributed by atoms with van der Waals surface area (Å²) in [6.45, 7) is 8.04. The van der Waals surface area contributed by atoms with Gasteiger partial charge in [-0.05, 0) is 17.4 Å². The Morgan fingerprint density at radius 1 is 1.36 bits per heavy atom. The summed E-state index contributed by atoms with van der Waals surface area (Å²) in [5.41, 5.74) is 0. The van der Waals surface area contributed by atoms with E-state index in [0.717, 1.165) is 45.1 Å². The van der Waals surface area contributed by atoms with Crippen LogP contribution in [0, 0.1) is 0 Å². The molecule has 0 bridgehead atoms. The Bertz CT molecular complexity index is 277. The first-order chi connectivity index (χ1) is 6.90. The minimum atomic E-state index is 0.842. The molecule has 2 heterocycles. The summed E-state index contributed by atoms with van der Waals surface area (Å²) < 4.78 is 1.85. The van der Waals surface area contributed by atoms with Crippen molar-refractivity contribution in [1.29, 1.82) is 0 Å². The van der Waals surface area contributed by atoms with Crippen molar-refractivity contribution in [2.45, 2.75) is 20.0 Å². The maximum absolute atomic E-state index is 4.02. The molecule has 1 aliphatic heterocycles. The van der Waals surface area contributed by atoms with Gasteiger partial charge in [-0.3, -0.25) is 4.90 Å². The van der Waals surface area contributed by atoms with Crippen molar-refractivity contribution in [1.82, 2.24) is 30.4 Å². The monoisotopic (exact) mass is 196 g/mol. The zero-order valence-corrected chi connectivity index (χ0v) is 8.48. The second kappa shape index (κ2) is 4.47. The first-order valence-electron chi connectivity index (χ1n) is 5.08. The van der Waals surface area contributed by atoms with Gasteiger partial charge in [0, 0.05) is 32.7 Å². The van der Waals surface area contributed by atoms with Gasteiger partial charge >= 0.3 is 0 Å². The van der Waals surface area contributed by atoms with Gasteiger partial charge in [-0.1, -0.05) is 0 Å². The van der Waals surface area contributed by atoms with Gasteiger partial charge in [-0.25, -0.2) is 4.68 Å². The van der Waals surface area contributed by atoms with Crippen LogP contribution >= 0.6 is 0 Å². The van der Waals surface area contributed by atoms with Crippen molar-refractivity contribution in [3.8, 4) is 0 Å². The van der Waals surface area contributed by atoms with Gasteiger partial charge in [0.1, 0.15) is 0 Å². The minimum absolute atomic E-state index is 0.842. The number of piperazine rings is 1. The average Bonchev–Trinajstić information content (AvgIpc) is 2.67. The molecule has 0 radical (unpaired) electrons. The van der Waals surface area contributed by atoms with E-state index in [2.05, 4.69) is 32.7 Å². The molecule has 0 amide bonds. The second-order valence-corrected chi connectivity index (χ2v) is 3.44. The molecule has 6 nitrogen and oxygen atoms in total. The molecule has 1 aliphatic rings. The first kappa shape index (κ1) is 9.54. The van der Waals surface area contributed by atoms with Crippen LogP contribution in [0.15, 0.2) is 0 Å². The highest BCUT2D eigenvalue weighted by molar-refractivity contribution is 4.82. The zero-order chi connectivity index (χ0) is 9.80. The molecule has 2 rings (SSSR count). The van der Waals surface area contributed by atoms with Gasteiger partial charge in [0.15, 0.2) is 5.82 Å². The maximum atomic E-state index is 4.02. The largest absolute Gasteiger partial charge is 0.314 e. The van der Waals surface area contributed by atoms with E-state index >= 15 is 0 Å². The molecule has 0 unspecified atom stereocenters. The standard InChI is InChI=1S/C8H16N6/c1-2-14-8(10-11-12-14)7-13-5-3-9-4-6-13/h9H,2-7H2,1H3. The number of nitrogens with zero attached hydrogens (tertiary/aromatic N) is 5. The van der Waals surface area contributed by atoms with Gasteiger partial charge in [0.25, 0.3) is 0 Å². The Labute approximate surface area is 83.3 Å². The predicted molar refractivity (Wildman–Crippen MR) is 51.6 cm³/mol. The maximum Gasteiger partial charge on any atom is 0.165 e. The minimum Gasteiger partial charge on any atom is -0.314 e. The molecule has 1 aromatic rings. The summed E-state index contributed by atoms with van der Waals surface area (Å²) >= 11 is 0. The third-order valence-electron chi connectivity index (χ3n) is 2.48. The predicted octanol–water partition coefficient (Wildman–Crippen LogP) is -0.902. The van der Waals surface area contributed by atoms with Gasteiger partial charge < -0.3 is 5.32 Å². The highest BCUT2D eigenvalue weighted by Gasteiger charge is 2.13. The normalized spacial score (nSPS) is 18.6. The van der Waals surface area contributed by atoms with Gasteiger partial charge in [0.2, 0.25) is 0 Å². The Hall–Kier alpha value is -1.01. The number of aromatic nitrogens is 4. The van der Waals surface area contributed by atoms with Crippen LogP contribution in [-0.4, -0.2) is 51.3 Å². The summed E-state index contributed by atoms with van der Waals surface area (Å²) in [6.07, 6.45) is 0. The van der Waals surface area contributed by atoms with Crippen LogP contribution in [-0.2, 0) is 13.1 Å². The molecule has 6 heteroatoms. The van der Waals surface area contributed by atoms with E-state index < -0.39 is 0 Å². The number of hydrogen-bond donors (Lipinski definition) is 1. The van der Waals surface area contributed by atoms with E-state index in [1.807, 2.05) is 4.68 Å². The van der Waals surface area contributed by atoms with Crippen LogP contribution in [0.2, 0.25) is 0 Å². The van der Waals surface area contributed by atoms with Crippen LogP contribution in [0.4, 0.5) is 0 Å². The Morgan fingerprint density at radius 3 is 2.86 bits per heavy atom. The van der Waals surface area contributed by atoms with E-state index in [1.54, 1.807) is 0 Å². The fraction of sp³-hybridized carbons (Fsp3) is 0.875. The van der Waals surface area contributed by atoms with Crippen LogP contribution in [0.5, 0.6) is 0 Å². The number of tetrazole rings is 1. The molecule has 1 saturated heterocycles. The van der Waals surface area contributed by atoms with Crippen molar-refractivity contribution in [2.75, 3.05) is 26.2 Å². The Kier molecular flexibility index (Phi) is 3.05. The van der Waals surface area contributed by atoms with Gasteiger partial charge in [-0.2, -0.15) is 0 Å². The molecular formula is C8H16N6. The van der Waals surface area contributed by atoms with E-state index in [4.69, 9.17) is 0 Å². The second-order valence-electron chi connectivity index (χ2n) is 3.44. The summed E-state index contributed by atoms with van der Waals surface area (Å²) in [6, 6.07) is 0. The lowest BCUT2D eigenvalue weighted by Crippen LogP contribution is -2.43. The quantitative estimate of drug-likeness (QED) is 0.679. The SMILES string of the molecule is CCn1nnnc1CN1CCNCC1. The lowest BCUT2D eigenvalue weighted by atomic mass is 10.3. The van der Waals surface area contributed by atoms with E-state index in [9.17, 15) is 0 Å². The smallest absolute Gasteiger partial charge is 0.165 e. The lowest BCUT2D eigenvalue weighted by molar-refractivity contribution is 0.224. The zero-order valence-electron chi connectivity index (χ0n) is 8.48. The van der Waals surface area contributed by atoms with E-state index in [0.29, 0.717) is 0 Å². The van der Waals surface area contributed by atoms with Crippen LogP contribution in [0.3, 0.4) is 0 Å². The summed E-state index contributed by atoms with van der Waals surface area (Å²) in [7, 11) is 0. The third kappa shape index (κ3) is 2.08. The summed E-state index contributed by atoms with van der Waals surface area (Å²) in [4.78, 5) is 2.37. The highest BCUT2D eigenvalue weighted by atomic mass is 15.5. The lowest BCUT2D eigenvalue weighted by Gasteiger charge is -2.26. The van der Waals surface area contributed by atoms with Crippen LogP contribution in [0.25, 0.3) is 0 Å². The molecule has 0 saturated carbocycles.